The zero-order chi connectivity index (χ0) is 13.8. The van der Waals surface area contributed by atoms with Gasteiger partial charge in [-0.25, -0.2) is 0 Å². The summed E-state index contributed by atoms with van der Waals surface area (Å²) in [5.41, 5.74) is 1.88. The van der Waals surface area contributed by atoms with Gasteiger partial charge in [0.1, 0.15) is 0 Å². The number of hydrogen-bond donors (Lipinski definition) is 0. The average molecular weight is 261 g/mol. The van der Waals surface area contributed by atoms with Crippen LogP contribution in [-0.4, -0.2) is 69.4 Å². The highest BCUT2D eigenvalue weighted by Crippen LogP contribution is 2.14. The molecule has 4 nitrogen and oxygen atoms in total. The summed E-state index contributed by atoms with van der Waals surface area (Å²) in [6, 6.07) is 7.85. The Bertz CT molecular complexity index is 437. The summed E-state index contributed by atoms with van der Waals surface area (Å²) in [5.74, 6) is 0.216. The van der Waals surface area contributed by atoms with Crippen LogP contribution in [0.1, 0.15) is 10.4 Å². The van der Waals surface area contributed by atoms with Gasteiger partial charge < -0.3 is 9.80 Å². The second-order valence-corrected chi connectivity index (χ2v) is 5.45. The number of ketones is 1. The summed E-state index contributed by atoms with van der Waals surface area (Å²) >= 11 is 0. The van der Waals surface area contributed by atoms with E-state index in [1.165, 1.54) is 0 Å². The van der Waals surface area contributed by atoms with Crippen molar-refractivity contribution in [3.63, 3.8) is 0 Å². The molecule has 0 bridgehead atoms. The molecule has 1 saturated heterocycles. The number of carbonyl (C=O) groups is 1. The summed E-state index contributed by atoms with van der Waals surface area (Å²) in [6.45, 7) is 4.59. The van der Waals surface area contributed by atoms with Crippen molar-refractivity contribution in [1.29, 1.82) is 0 Å². The molecule has 19 heavy (non-hydrogen) atoms. The molecule has 1 heterocycles. The number of nitrogens with zero attached hydrogens (tertiary/aromatic N) is 3. The average Bonchev–Trinajstić information content (AvgIpc) is 2.41. The molecule has 0 aliphatic carbocycles. The topological polar surface area (TPSA) is 26.8 Å². The lowest BCUT2D eigenvalue weighted by Crippen LogP contribution is -2.46. The van der Waals surface area contributed by atoms with E-state index in [4.69, 9.17) is 0 Å². The van der Waals surface area contributed by atoms with Gasteiger partial charge in [0.15, 0.2) is 5.78 Å². The third-order valence-electron chi connectivity index (χ3n) is 3.65. The van der Waals surface area contributed by atoms with E-state index in [0.29, 0.717) is 6.54 Å². The maximum absolute atomic E-state index is 12.3. The van der Waals surface area contributed by atoms with Crippen LogP contribution in [0.5, 0.6) is 0 Å². The lowest BCUT2D eigenvalue weighted by molar-refractivity contribution is 0.0876. The number of anilines is 1. The number of piperazine rings is 1. The van der Waals surface area contributed by atoms with Gasteiger partial charge in [0.05, 0.1) is 6.54 Å². The lowest BCUT2D eigenvalue weighted by atomic mass is 10.1. The lowest BCUT2D eigenvalue weighted by Gasteiger charge is -2.31. The summed E-state index contributed by atoms with van der Waals surface area (Å²) in [7, 11) is 6.10. The molecule has 104 valence electrons. The van der Waals surface area contributed by atoms with Crippen molar-refractivity contribution in [3.05, 3.63) is 29.8 Å². The van der Waals surface area contributed by atoms with Crippen LogP contribution < -0.4 is 4.90 Å². The molecule has 0 unspecified atom stereocenters. The van der Waals surface area contributed by atoms with E-state index in [1.54, 1.807) is 0 Å². The molecule has 1 aliphatic heterocycles. The van der Waals surface area contributed by atoms with Gasteiger partial charge in [-0.2, -0.15) is 0 Å². The van der Waals surface area contributed by atoms with Crippen molar-refractivity contribution in [2.75, 3.05) is 58.8 Å². The molecule has 1 aromatic carbocycles. The molecule has 1 fully saturated rings. The van der Waals surface area contributed by atoms with Crippen molar-refractivity contribution in [3.8, 4) is 0 Å². The normalized spacial score (nSPS) is 17.4. The van der Waals surface area contributed by atoms with Gasteiger partial charge in [0.25, 0.3) is 0 Å². The molecule has 0 spiro atoms. The summed E-state index contributed by atoms with van der Waals surface area (Å²) in [6.07, 6.45) is 0. The Morgan fingerprint density at radius 1 is 1.21 bits per heavy atom. The third kappa shape index (κ3) is 3.78. The van der Waals surface area contributed by atoms with Crippen LogP contribution in [0.4, 0.5) is 5.69 Å². The molecule has 0 radical (unpaired) electrons. The van der Waals surface area contributed by atoms with E-state index in [9.17, 15) is 4.79 Å². The van der Waals surface area contributed by atoms with Crippen molar-refractivity contribution in [1.82, 2.24) is 9.80 Å². The highest BCUT2D eigenvalue weighted by molar-refractivity contribution is 5.98. The molecular formula is C15H23N3O. The minimum Gasteiger partial charge on any atom is -0.378 e. The Balaban J connectivity index is 1.98. The monoisotopic (exact) mass is 261 g/mol. The highest BCUT2D eigenvalue weighted by Gasteiger charge is 2.17. The molecule has 1 aliphatic rings. The number of hydrogen-bond acceptors (Lipinski definition) is 4. The maximum Gasteiger partial charge on any atom is 0.176 e. The van der Waals surface area contributed by atoms with E-state index in [-0.39, 0.29) is 5.78 Å². The second kappa shape index (κ2) is 6.17. The minimum absolute atomic E-state index is 0.216. The Kier molecular flexibility index (Phi) is 4.56. The van der Waals surface area contributed by atoms with Crippen LogP contribution in [-0.2, 0) is 0 Å². The number of likely N-dealkylation sites (N-methyl/N-ethyl adjacent to an activating group) is 1. The van der Waals surface area contributed by atoms with Crippen LogP contribution in [0.25, 0.3) is 0 Å². The van der Waals surface area contributed by atoms with E-state index >= 15 is 0 Å². The Morgan fingerprint density at radius 2 is 1.89 bits per heavy atom. The molecule has 4 heteroatoms. The first-order valence-electron chi connectivity index (χ1n) is 6.78. The summed E-state index contributed by atoms with van der Waals surface area (Å²) < 4.78 is 0. The zero-order valence-corrected chi connectivity index (χ0v) is 12.1. The van der Waals surface area contributed by atoms with Crippen molar-refractivity contribution in [2.24, 2.45) is 0 Å². The first kappa shape index (κ1) is 14.0. The predicted molar refractivity (Wildman–Crippen MR) is 79.0 cm³/mol. The largest absolute Gasteiger partial charge is 0.378 e. The third-order valence-corrected chi connectivity index (χ3v) is 3.65. The Labute approximate surface area is 115 Å². The van der Waals surface area contributed by atoms with Gasteiger partial charge in [0.2, 0.25) is 0 Å². The van der Waals surface area contributed by atoms with Crippen molar-refractivity contribution < 1.29 is 4.79 Å². The fraction of sp³-hybridized carbons (Fsp3) is 0.533. The molecule has 1 aromatic rings. The van der Waals surface area contributed by atoms with Crippen LogP contribution in [0.2, 0.25) is 0 Å². The SMILES string of the molecule is CN1CCN(CC(=O)c2cccc(N(C)C)c2)CC1. The van der Waals surface area contributed by atoms with Crippen molar-refractivity contribution >= 4 is 11.5 Å². The summed E-state index contributed by atoms with van der Waals surface area (Å²) in [5, 5.41) is 0. The standard InChI is InChI=1S/C15H23N3O/c1-16(2)14-6-4-5-13(11-14)15(19)12-18-9-7-17(3)8-10-18/h4-6,11H,7-10,12H2,1-3H3. The predicted octanol–water partition coefficient (Wildman–Crippen LogP) is 1.18. The fourth-order valence-corrected chi connectivity index (χ4v) is 2.26. The van der Waals surface area contributed by atoms with Gasteiger partial charge >= 0.3 is 0 Å². The van der Waals surface area contributed by atoms with E-state index in [2.05, 4.69) is 16.8 Å². The maximum atomic E-state index is 12.3. The van der Waals surface area contributed by atoms with E-state index in [0.717, 1.165) is 37.4 Å². The molecule has 0 aromatic heterocycles. The van der Waals surface area contributed by atoms with Crippen LogP contribution in [0, 0.1) is 0 Å². The highest BCUT2D eigenvalue weighted by atomic mass is 16.1. The number of carbonyl (C=O) groups excluding carboxylic acids is 1. The molecule has 2 rings (SSSR count). The zero-order valence-electron chi connectivity index (χ0n) is 12.1. The number of Topliss-reactive ketones (excluding diaryl/α,β-unsaturated/α-hetero) is 1. The smallest absolute Gasteiger partial charge is 0.176 e. The van der Waals surface area contributed by atoms with Gasteiger partial charge in [0, 0.05) is 51.5 Å². The van der Waals surface area contributed by atoms with Crippen molar-refractivity contribution in [2.45, 2.75) is 0 Å². The fourth-order valence-electron chi connectivity index (χ4n) is 2.26. The van der Waals surface area contributed by atoms with Crippen LogP contribution >= 0.6 is 0 Å². The number of benzene rings is 1. The molecule has 0 saturated carbocycles. The van der Waals surface area contributed by atoms with E-state index in [1.807, 2.05) is 43.3 Å². The van der Waals surface area contributed by atoms with Crippen LogP contribution in [0.3, 0.4) is 0 Å². The molecule has 0 amide bonds. The van der Waals surface area contributed by atoms with E-state index < -0.39 is 0 Å². The first-order valence-corrected chi connectivity index (χ1v) is 6.78. The Morgan fingerprint density at radius 3 is 2.53 bits per heavy atom. The van der Waals surface area contributed by atoms with Crippen LogP contribution in [0.15, 0.2) is 24.3 Å². The second-order valence-electron chi connectivity index (χ2n) is 5.45. The van der Waals surface area contributed by atoms with Gasteiger partial charge in [-0.1, -0.05) is 12.1 Å². The number of rotatable bonds is 4. The Hall–Kier alpha value is -1.39. The summed E-state index contributed by atoms with van der Waals surface area (Å²) in [4.78, 5) is 18.9. The molecule has 0 atom stereocenters. The van der Waals surface area contributed by atoms with Gasteiger partial charge in [-0.3, -0.25) is 9.69 Å². The minimum atomic E-state index is 0.216. The van der Waals surface area contributed by atoms with Gasteiger partial charge in [-0.05, 0) is 19.2 Å². The first-order chi connectivity index (χ1) is 9.06. The quantitative estimate of drug-likeness (QED) is 0.761. The molecular weight excluding hydrogens is 238 g/mol. The van der Waals surface area contributed by atoms with Gasteiger partial charge in [-0.15, -0.1) is 0 Å². The molecule has 0 N–H and O–H groups in total.